The van der Waals surface area contributed by atoms with E-state index < -0.39 is 0 Å². The Kier molecular flexibility index (Phi) is 6.78. The van der Waals surface area contributed by atoms with Crippen LogP contribution in [-0.4, -0.2) is 37.5 Å². The first-order valence-electron chi connectivity index (χ1n) is 8.19. The maximum atomic E-state index is 12.1. The fourth-order valence-corrected chi connectivity index (χ4v) is 3.02. The van der Waals surface area contributed by atoms with Crippen molar-refractivity contribution < 1.29 is 4.79 Å². The SMILES string of the molecule is CC(C)CC[C@@H](C)NC(=O)CSc1nnc(-c2ccncc2)n1C. The molecule has 24 heavy (non-hydrogen) atoms. The van der Waals surface area contributed by atoms with Gasteiger partial charge in [-0.1, -0.05) is 25.6 Å². The van der Waals surface area contributed by atoms with Gasteiger partial charge in [0.1, 0.15) is 0 Å². The molecular formula is C17H25N5OS. The number of rotatable bonds is 8. The molecule has 1 N–H and O–H groups in total. The van der Waals surface area contributed by atoms with Crippen molar-refractivity contribution in [3.05, 3.63) is 24.5 Å². The molecule has 0 aliphatic heterocycles. The maximum Gasteiger partial charge on any atom is 0.230 e. The van der Waals surface area contributed by atoms with Crippen LogP contribution in [0, 0.1) is 5.92 Å². The Labute approximate surface area is 147 Å². The number of pyridine rings is 1. The van der Waals surface area contributed by atoms with E-state index in [4.69, 9.17) is 0 Å². The standard InChI is InChI=1S/C17H25N5OS/c1-12(2)5-6-13(3)19-15(23)11-24-17-21-20-16(22(17)4)14-7-9-18-10-8-14/h7-10,12-13H,5-6,11H2,1-4H3,(H,19,23)/t13-/m1/s1. The van der Waals surface area contributed by atoms with Crippen LogP contribution in [0.5, 0.6) is 0 Å². The topological polar surface area (TPSA) is 72.7 Å². The van der Waals surface area contributed by atoms with Crippen LogP contribution in [0.4, 0.5) is 0 Å². The molecule has 1 atom stereocenters. The van der Waals surface area contributed by atoms with Crippen LogP contribution < -0.4 is 5.32 Å². The lowest BCUT2D eigenvalue weighted by molar-refractivity contribution is -0.119. The van der Waals surface area contributed by atoms with Gasteiger partial charge in [0.15, 0.2) is 11.0 Å². The summed E-state index contributed by atoms with van der Waals surface area (Å²) >= 11 is 1.40. The molecule has 2 aromatic heterocycles. The van der Waals surface area contributed by atoms with Gasteiger partial charge in [0, 0.05) is 31.0 Å². The molecule has 2 rings (SSSR count). The number of amides is 1. The molecule has 0 spiro atoms. The van der Waals surface area contributed by atoms with Gasteiger partial charge in [-0.15, -0.1) is 10.2 Å². The minimum atomic E-state index is 0.0321. The Morgan fingerprint density at radius 2 is 1.92 bits per heavy atom. The summed E-state index contributed by atoms with van der Waals surface area (Å²) in [6, 6.07) is 3.98. The zero-order valence-electron chi connectivity index (χ0n) is 14.7. The fourth-order valence-electron chi connectivity index (χ4n) is 2.30. The maximum absolute atomic E-state index is 12.1. The van der Waals surface area contributed by atoms with E-state index in [-0.39, 0.29) is 11.9 Å². The third-order valence-electron chi connectivity index (χ3n) is 3.69. The number of carbonyl (C=O) groups is 1. The molecule has 0 radical (unpaired) electrons. The van der Waals surface area contributed by atoms with E-state index in [1.54, 1.807) is 12.4 Å². The van der Waals surface area contributed by atoms with E-state index in [0.717, 1.165) is 29.4 Å². The summed E-state index contributed by atoms with van der Waals surface area (Å²) in [6.07, 6.45) is 5.57. The predicted molar refractivity (Wildman–Crippen MR) is 96.6 cm³/mol. The van der Waals surface area contributed by atoms with Crippen LogP contribution in [0.2, 0.25) is 0 Å². The molecular weight excluding hydrogens is 322 g/mol. The van der Waals surface area contributed by atoms with Gasteiger partial charge >= 0.3 is 0 Å². The third kappa shape index (κ3) is 5.33. The monoisotopic (exact) mass is 347 g/mol. The highest BCUT2D eigenvalue weighted by Crippen LogP contribution is 2.21. The van der Waals surface area contributed by atoms with Crippen LogP contribution in [-0.2, 0) is 11.8 Å². The highest BCUT2D eigenvalue weighted by molar-refractivity contribution is 7.99. The molecule has 0 unspecified atom stereocenters. The number of aromatic nitrogens is 4. The first-order chi connectivity index (χ1) is 11.5. The van der Waals surface area contributed by atoms with Crippen molar-refractivity contribution in [2.24, 2.45) is 13.0 Å². The second-order valence-corrected chi connectivity index (χ2v) is 7.27. The molecule has 6 nitrogen and oxygen atoms in total. The lowest BCUT2D eigenvalue weighted by Crippen LogP contribution is -2.34. The zero-order chi connectivity index (χ0) is 17.5. The number of hydrogen-bond acceptors (Lipinski definition) is 5. The van der Waals surface area contributed by atoms with Gasteiger partial charge in [-0.3, -0.25) is 9.78 Å². The van der Waals surface area contributed by atoms with Gasteiger partial charge in [0.2, 0.25) is 5.91 Å². The molecule has 0 aliphatic carbocycles. The average Bonchev–Trinajstić information content (AvgIpc) is 2.92. The van der Waals surface area contributed by atoms with Crippen molar-refractivity contribution in [2.45, 2.75) is 44.8 Å². The molecule has 0 saturated carbocycles. The second kappa shape index (κ2) is 8.82. The molecule has 1 amide bonds. The van der Waals surface area contributed by atoms with Crippen molar-refractivity contribution in [2.75, 3.05) is 5.75 Å². The molecule has 2 aromatic rings. The quantitative estimate of drug-likeness (QED) is 0.743. The van der Waals surface area contributed by atoms with Crippen LogP contribution in [0.1, 0.15) is 33.6 Å². The van der Waals surface area contributed by atoms with E-state index in [2.05, 4.69) is 41.3 Å². The molecule has 2 heterocycles. The minimum Gasteiger partial charge on any atom is -0.353 e. The number of carbonyl (C=O) groups excluding carboxylic acids is 1. The van der Waals surface area contributed by atoms with Gasteiger partial charge in [-0.05, 0) is 37.8 Å². The van der Waals surface area contributed by atoms with Gasteiger partial charge < -0.3 is 9.88 Å². The highest BCUT2D eigenvalue weighted by Gasteiger charge is 2.14. The Hall–Kier alpha value is -1.89. The Morgan fingerprint density at radius 3 is 2.58 bits per heavy atom. The Bertz CT molecular complexity index is 656. The summed E-state index contributed by atoms with van der Waals surface area (Å²) in [6.45, 7) is 6.44. The largest absolute Gasteiger partial charge is 0.353 e. The second-order valence-electron chi connectivity index (χ2n) is 6.33. The summed E-state index contributed by atoms with van der Waals surface area (Å²) in [5, 5.41) is 12.2. The average molecular weight is 347 g/mol. The van der Waals surface area contributed by atoms with Crippen LogP contribution in [0.3, 0.4) is 0 Å². The van der Waals surface area contributed by atoms with Gasteiger partial charge in [-0.25, -0.2) is 0 Å². The van der Waals surface area contributed by atoms with Crippen LogP contribution >= 0.6 is 11.8 Å². The van der Waals surface area contributed by atoms with Crippen molar-refractivity contribution in [3.8, 4) is 11.4 Å². The lowest BCUT2D eigenvalue weighted by Gasteiger charge is -2.14. The predicted octanol–water partition coefficient (Wildman–Crippen LogP) is 2.91. The summed E-state index contributed by atoms with van der Waals surface area (Å²) in [5.74, 6) is 1.80. The first kappa shape index (κ1) is 18.4. The first-order valence-corrected chi connectivity index (χ1v) is 9.18. The van der Waals surface area contributed by atoms with E-state index >= 15 is 0 Å². The van der Waals surface area contributed by atoms with E-state index in [1.807, 2.05) is 23.7 Å². The summed E-state index contributed by atoms with van der Waals surface area (Å²) in [4.78, 5) is 16.1. The smallest absolute Gasteiger partial charge is 0.230 e. The summed E-state index contributed by atoms with van der Waals surface area (Å²) < 4.78 is 1.90. The number of nitrogens with zero attached hydrogens (tertiary/aromatic N) is 4. The Morgan fingerprint density at radius 1 is 1.21 bits per heavy atom. The zero-order valence-corrected chi connectivity index (χ0v) is 15.5. The van der Waals surface area contributed by atoms with Crippen molar-refractivity contribution in [1.29, 1.82) is 0 Å². The van der Waals surface area contributed by atoms with Crippen molar-refractivity contribution in [1.82, 2.24) is 25.1 Å². The van der Waals surface area contributed by atoms with Gasteiger partial charge in [0.25, 0.3) is 0 Å². The molecule has 0 bridgehead atoms. The number of thioether (sulfide) groups is 1. The molecule has 0 aliphatic rings. The normalized spacial score (nSPS) is 12.4. The fraction of sp³-hybridized carbons (Fsp3) is 0.529. The van der Waals surface area contributed by atoms with Gasteiger partial charge in [0.05, 0.1) is 5.75 Å². The highest BCUT2D eigenvalue weighted by atomic mass is 32.2. The molecule has 0 aromatic carbocycles. The molecule has 0 fully saturated rings. The number of hydrogen-bond donors (Lipinski definition) is 1. The van der Waals surface area contributed by atoms with Crippen molar-refractivity contribution in [3.63, 3.8) is 0 Å². The van der Waals surface area contributed by atoms with Crippen LogP contribution in [0.15, 0.2) is 29.7 Å². The summed E-state index contributed by atoms with van der Waals surface area (Å²) in [5.41, 5.74) is 0.957. The van der Waals surface area contributed by atoms with Gasteiger partial charge in [-0.2, -0.15) is 0 Å². The molecule has 7 heteroatoms. The number of nitrogens with one attached hydrogen (secondary N) is 1. The third-order valence-corrected chi connectivity index (χ3v) is 4.71. The molecule has 130 valence electrons. The van der Waals surface area contributed by atoms with Crippen LogP contribution in [0.25, 0.3) is 11.4 Å². The van der Waals surface area contributed by atoms with E-state index in [9.17, 15) is 4.79 Å². The van der Waals surface area contributed by atoms with E-state index in [1.165, 1.54) is 11.8 Å². The minimum absolute atomic E-state index is 0.0321. The molecule has 0 saturated heterocycles. The lowest BCUT2D eigenvalue weighted by atomic mass is 10.0. The van der Waals surface area contributed by atoms with E-state index in [0.29, 0.717) is 11.7 Å². The summed E-state index contributed by atoms with van der Waals surface area (Å²) in [7, 11) is 1.90. The van der Waals surface area contributed by atoms with Crippen molar-refractivity contribution >= 4 is 17.7 Å². The Balaban J connectivity index is 1.86.